The Morgan fingerprint density at radius 2 is 1.90 bits per heavy atom. The molecule has 0 aliphatic heterocycles. The fourth-order valence-corrected chi connectivity index (χ4v) is 2.79. The molecule has 0 unspecified atom stereocenters. The Hall–Kier alpha value is -2.29. The molecule has 0 bridgehead atoms. The first-order chi connectivity index (χ1) is 9.41. The molecular weight excluding hydrogens is 280 g/mol. The van der Waals surface area contributed by atoms with Crippen LogP contribution in [0.1, 0.15) is 17.0 Å². The maximum absolute atomic E-state index is 12.3. The highest BCUT2D eigenvalue weighted by molar-refractivity contribution is 7.89. The van der Waals surface area contributed by atoms with Crippen molar-refractivity contribution in [2.24, 2.45) is 0 Å². The van der Waals surface area contributed by atoms with E-state index in [1.807, 2.05) is 20.8 Å². The molecule has 0 aliphatic carbocycles. The third kappa shape index (κ3) is 1.70. The fourth-order valence-electron chi connectivity index (χ4n) is 1.83. The van der Waals surface area contributed by atoms with Crippen LogP contribution >= 0.6 is 0 Å². The van der Waals surface area contributed by atoms with E-state index in [1.165, 1.54) is 23.2 Å². The van der Waals surface area contributed by atoms with Crippen molar-refractivity contribution in [1.82, 2.24) is 28.5 Å². The van der Waals surface area contributed by atoms with Crippen molar-refractivity contribution in [3.05, 3.63) is 35.7 Å². The van der Waals surface area contributed by atoms with Gasteiger partial charge in [-0.1, -0.05) is 0 Å². The van der Waals surface area contributed by atoms with E-state index in [-0.39, 0.29) is 10.9 Å². The maximum Gasteiger partial charge on any atom is 0.306 e. The summed E-state index contributed by atoms with van der Waals surface area (Å²) in [5.74, 6) is 0.268. The van der Waals surface area contributed by atoms with E-state index in [2.05, 4.69) is 20.1 Å². The summed E-state index contributed by atoms with van der Waals surface area (Å²) in [6.07, 6.45) is 3.90. The SMILES string of the molecule is Cc1nc2nc(S(=O)(=O)n3ccnc3)nn2c(C)c1C. The van der Waals surface area contributed by atoms with Crippen LogP contribution in [-0.4, -0.2) is 37.0 Å². The number of hydrogen-bond acceptors (Lipinski definition) is 6. The molecule has 0 saturated carbocycles. The van der Waals surface area contributed by atoms with Gasteiger partial charge in [0.1, 0.15) is 6.33 Å². The molecule has 0 amide bonds. The largest absolute Gasteiger partial charge is 0.306 e. The van der Waals surface area contributed by atoms with Gasteiger partial charge in [-0.2, -0.15) is 17.9 Å². The van der Waals surface area contributed by atoms with Crippen LogP contribution in [-0.2, 0) is 10.0 Å². The number of rotatable bonds is 2. The van der Waals surface area contributed by atoms with Gasteiger partial charge in [-0.15, -0.1) is 5.10 Å². The summed E-state index contributed by atoms with van der Waals surface area (Å²) < 4.78 is 27.0. The minimum atomic E-state index is -3.83. The lowest BCUT2D eigenvalue weighted by atomic mass is 10.2. The second-order valence-electron chi connectivity index (χ2n) is 4.41. The van der Waals surface area contributed by atoms with Crippen molar-refractivity contribution >= 4 is 15.8 Å². The monoisotopic (exact) mass is 292 g/mol. The van der Waals surface area contributed by atoms with E-state index in [0.29, 0.717) is 0 Å². The predicted octanol–water partition coefficient (Wildman–Crippen LogP) is 0.483. The number of fused-ring (bicyclic) bond motifs is 1. The Morgan fingerprint density at radius 3 is 2.55 bits per heavy atom. The van der Waals surface area contributed by atoms with Crippen LogP contribution < -0.4 is 0 Å². The molecule has 0 spiro atoms. The molecule has 3 heterocycles. The molecule has 0 N–H and O–H groups in total. The van der Waals surface area contributed by atoms with Crippen molar-refractivity contribution < 1.29 is 8.42 Å². The van der Waals surface area contributed by atoms with Crippen molar-refractivity contribution in [1.29, 1.82) is 0 Å². The molecule has 9 heteroatoms. The van der Waals surface area contributed by atoms with Crippen LogP contribution in [0.15, 0.2) is 23.9 Å². The van der Waals surface area contributed by atoms with E-state index in [9.17, 15) is 8.42 Å². The molecule has 3 aromatic rings. The predicted molar refractivity (Wildman–Crippen MR) is 69.8 cm³/mol. The highest BCUT2D eigenvalue weighted by Crippen LogP contribution is 2.15. The van der Waals surface area contributed by atoms with Gasteiger partial charge in [0.2, 0.25) is 0 Å². The normalized spacial score (nSPS) is 12.2. The zero-order valence-electron chi connectivity index (χ0n) is 11.1. The van der Waals surface area contributed by atoms with Crippen molar-refractivity contribution in [3.63, 3.8) is 0 Å². The van der Waals surface area contributed by atoms with E-state index in [4.69, 9.17) is 0 Å². The van der Waals surface area contributed by atoms with Crippen molar-refractivity contribution in [3.8, 4) is 0 Å². The fraction of sp³-hybridized carbons (Fsp3) is 0.273. The number of nitrogens with zero attached hydrogens (tertiary/aromatic N) is 6. The molecule has 0 saturated heterocycles. The van der Waals surface area contributed by atoms with Crippen LogP contribution in [0.25, 0.3) is 5.78 Å². The van der Waals surface area contributed by atoms with Gasteiger partial charge >= 0.3 is 10.0 Å². The number of aryl methyl sites for hydroxylation is 2. The van der Waals surface area contributed by atoms with Crippen molar-refractivity contribution in [2.45, 2.75) is 25.9 Å². The van der Waals surface area contributed by atoms with E-state index in [0.717, 1.165) is 20.9 Å². The topological polar surface area (TPSA) is 95.0 Å². The maximum atomic E-state index is 12.3. The molecule has 3 aromatic heterocycles. The molecular formula is C11H12N6O2S. The first-order valence-electron chi connectivity index (χ1n) is 5.85. The lowest BCUT2D eigenvalue weighted by Crippen LogP contribution is -2.13. The average molecular weight is 292 g/mol. The molecule has 0 aliphatic rings. The Labute approximate surface area is 115 Å². The van der Waals surface area contributed by atoms with Gasteiger partial charge in [0.15, 0.2) is 0 Å². The summed E-state index contributed by atoms with van der Waals surface area (Å²) >= 11 is 0. The zero-order valence-corrected chi connectivity index (χ0v) is 12.0. The minimum absolute atomic E-state index is 0.268. The molecule has 104 valence electrons. The highest BCUT2D eigenvalue weighted by atomic mass is 32.2. The van der Waals surface area contributed by atoms with Crippen LogP contribution in [0, 0.1) is 20.8 Å². The number of hydrogen-bond donors (Lipinski definition) is 0. The molecule has 8 nitrogen and oxygen atoms in total. The van der Waals surface area contributed by atoms with E-state index >= 15 is 0 Å². The third-order valence-electron chi connectivity index (χ3n) is 3.23. The molecule has 0 aromatic carbocycles. The summed E-state index contributed by atoms with van der Waals surface area (Å²) in [6, 6.07) is 0. The Balaban J connectivity index is 2.27. The lowest BCUT2D eigenvalue weighted by Gasteiger charge is -2.04. The lowest BCUT2D eigenvalue weighted by molar-refractivity contribution is 0.577. The Bertz CT molecular complexity index is 895. The minimum Gasteiger partial charge on any atom is -0.244 e. The summed E-state index contributed by atoms with van der Waals surface area (Å²) in [6.45, 7) is 5.60. The quantitative estimate of drug-likeness (QED) is 0.682. The van der Waals surface area contributed by atoms with Gasteiger partial charge in [0.25, 0.3) is 10.9 Å². The van der Waals surface area contributed by atoms with Crippen LogP contribution in [0.4, 0.5) is 0 Å². The number of imidazole rings is 1. The van der Waals surface area contributed by atoms with Gasteiger partial charge in [0, 0.05) is 23.8 Å². The van der Waals surface area contributed by atoms with Crippen LogP contribution in [0.3, 0.4) is 0 Å². The van der Waals surface area contributed by atoms with Gasteiger partial charge in [-0.05, 0) is 26.3 Å². The first kappa shape index (κ1) is 12.7. The summed E-state index contributed by atoms with van der Waals surface area (Å²) in [5, 5.41) is 3.75. The van der Waals surface area contributed by atoms with E-state index in [1.54, 1.807) is 0 Å². The molecule has 0 atom stereocenters. The molecule has 0 fully saturated rings. The Morgan fingerprint density at radius 1 is 1.15 bits per heavy atom. The molecule has 3 rings (SSSR count). The third-order valence-corrected chi connectivity index (χ3v) is 4.64. The summed E-state index contributed by atoms with van der Waals surface area (Å²) in [5.41, 5.74) is 2.56. The van der Waals surface area contributed by atoms with Gasteiger partial charge < -0.3 is 0 Å². The number of aromatic nitrogens is 6. The first-order valence-corrected chi connectivity index (χ1v) is 7.29. The summed E-state index contributed by atoms with van der Waals surface area (Å²) in [4.78, 5) is 12.0. The smallest absolute Gasteiger partial charge is 0.244 e. The summed E-state index contributed by atoms with van der Waals surface area (Å²) in [7, 11) is -3.83. The van der Waals surface area contributed by atoms with Gasteiger partial charge in [0.05, 0.1) is 0 Å². The standard InChI is InChI=1S/C11H12N6O2S/c1-7-8(2)13-10-14-11(15-17(10)9(7)3)20(18,19)16-5-4-12-6-16/h4-6H,1-3H3. The molecule has 20 heavy (non-hydrogen) atoms. The van der Waals surface area contributed by atoms with Crippen LogP contribution in [0.5, 0.6) is 0 Å². The van der Waals surface area contributed by atoms with Gasteiger partial charge in [-0.3, -0.25) is 0 Å². The van der Waals surface area contributed by atoms with E-state index < -0.39 is 10.0 Å². The second-order valence-corrected chi connectivity index (χ2v) is 6.15. The van der Waals surface area contributed by atoms with Crippen LogP contribution in [0.2, 0.25) is 0 Å². The average Bonchev–Trinajstić information content (AvgIpc) is 3.05. The molecule has 0 radical (unpaired) electrons. The second kappa shape index (κ2) is 4.10. The van der Waals surface area contributed by atoms with Crippen molar-refractivity contribution in [2.75, 3.05) is 0 Å². The highest BCUT2D eigenvalue weighted by Gasteiger charge is 2.23. The van der Waals surface area contributed by atoms with Gasteiger partial charge in [-0.25, -0.2) is 13.9 Å². The Kier molecular flexibility index (Phi) is 2.61. The zero-order chi connectivity index (χ0) is 14.5.